The van der Waals surface area contributed by atoms with Gasteiger partial charge < -0.3 is 9.47 Å². The van der Waals surface area contributed by atoms with Gasteiger partial charge >= 0.3 is 12.5 Å². The number of pyridine rings is 1. The predicted octanol–water partition coefficient (Wildman–Crippen LogP) is 6.31. The minimum atomic E-state index is -4.77. The van der Waals surface area contributed by atoms with Gasteiger partial charge in [0.2, 0.25) is 0 Å². The molecule has 12 heteroatoms. The van der Waals surface area contributed by atoms with Gasteiger partial charge in [-0.05, 0) is 67.6 Å². The van der Waals surface area contributed by atoms with Crippen LogP contribution in [-0.4, -0.2) is 36.3 Å². The van der Waals surface area contributed by atoms with Crippen molar-refractivity contribution >= 4 is 29.3 Å². The summed E-state index contributed by atoms with van der Waals surface area (Å²) >= 11 is 0. The van der Waals surface area contributed by atoms with Crippen molar-refractivity contribution in [3.63, 3.8) is 0 Å². The molecule has 3 aromatic rings. The molecule has 0 radical (unpaired) electrons. The molecule has 0 bridgehead atoms. The molecule has 0 aliphatic carbocycles. The molecule has 0 saturated heterocycles. The van der Waals surface area contributed by atoms with Gasteiger partial charge in [0.25, 0.3) is 0 Å². The molecule has 0 spiro atoms. The summed E-state index contributed by atoms with van der Waals surface area (Å²) in [5.74, 6) is -0.580. The molecule has 3 rings (SSSR count). The zero-order valence-corrected chi connectivity index (χ0v) is 19.0. The van der Waals surface area contributed by atoms with E-state index in [0.717, 1.165) is 18.3 Å². The van der Waals surface area contributed by atoms with Crippen molar-refractivity contribution in [2.45, 2.75) is 19.4 Å². The molecule has 1 heterocycles. The van der Waals surface area contributed by atoms with Crippen LogP contribution in [0.5, 0.6) is 5.75 Å². The molecule has 1 atom stereocenters. The molecule has 1 N–H and O–H groups in total. The third kappa shape index (κ3) is 8.03. The second-order valence-corrected chi connectivity index (χ2v) is 7.06. The van der Waals surface area contributed by atoms with Gasteiger partial charge in [0, 0.05) is 18.3 Å². The topological polar surface area (TPSA) is 97.5 Å². The maximum atomic E-state index is 13.0. The number of aliphatic imine (C=N–C) groups is 3. The fourth-order valence-corrected chi connectivity index (χ4v) is 2.79. The second kappa shape index (κ2) is 11.7. The Kier molecular flexibility index (Phi) is 8.48. The summed E-state index contributed by atoms with van der Waals surface area (Å²) in [6.07, 6.45) is -5.15. The lowest BCUT2D eigenvalue weighted by Gasteiger charge is -2.13. The third-order valence-corrected chi connectivity index (χ3v) is 4.46. The monoisotopic (exact) mass is 501 g/mol. The van der Waals surface area contributed by atoms with E-state index in [2.05, 4.69) is 36.0 Å². The lowest BCUT2D eigenvalue weighted by Crippen LogP contribution is -2.16. The number of alkyl halides is 3. The van der Waals surface area contributed by atoms with Crippen LogP contribution in [0.1, 0.15) is 24.3 Å². The van der Waals surface area contributed by atoms with Gasteiger partial charge in [-0.2, -0.15) is 9.98 Å². The van der Waals surface area contributed by atoms with Crippen LogP contribution in [0.25, 0.3) is 0 Å². The molecule has 1 aromatic heterocycles. The number of anilines is 1. The number of ether oxygens (including phenoxy) is 2. The highest BCUT2D eigenvalue weighted by atomic mass is 19.4. The predicted molar refractivity (Wildman–Crippen MR) is 124 cm³/mol. The van der Waals surface area contributed by atoms with Crippen molar-refractivity contribution in [1.82, 2.24) is 4.98 Å². The fourth-order valence-electron chi connectivity index (χ4n) is 2.79. The first-order valence-corrected chi connectivity index (χ1v) is 10.3. The van der Waals surface area contributed by atoms with Crippen molar-refractivity contribution in [1.29, 1.82) is 0 Å². The fraction of sp³-hybridized carbons (Fsp3) is 0.167. The van der Waals surface area contributed by atoms with Gasteiger partial charge in [0.05, 0.1) is 17.6 Å². The molecule has 1 unspecified atom stereocenters. The molecule has 0 aliphatic rings. The standard InChI is InChI=1S/C24H19F4N5O3/c1-15(21-12-5-17(25)13-30-21)35-23(34)33-19-6-3-16(4-7-19)22(29-2)32-14-31-18-8-10-20(11-9-18)36-24(26,27)28/h3-13,15H,1-2H3,(H,33,34). The Balaban J connectivity index is 1.58. The van der Waals surface area contributed by atoms with Gasteiger partial charge in [0.1, 0.15) is 23.7 Å². The average Bonchev–Trinajstić information content (AvgIpc) is 2.83. The first-order valence-electron chi connectivity index (χ1n) is 10.3. The number of hydrogen-bond donors (Lipinski definition) is 1. The Bertz CT molecular complexity index is 1270. The molecule has 8 nitrogen and oxygen atoms in total. The normalized spacial score (nSPS) is 12.2. The number of benzene rings is 2. The first kappa shape index (κ1) is 26.0. The van der Waals surface area contributed by atoms with E-state index in [9.17, 15) is 22.4 Å². The molecule has 0 aliphatic heterocycles. The van der Waals surface area contributed by atoms with Crippen LogP contribution in [0.2, 0.25) is 0 Å². The number of carbonyl (C=O) groups is 1. The number of nitrogens with one attached hydrogen (secondary N) is 1. The number of aromatic nitrogens is 1. The Morgan fingerprint density at radius 3 is 2.33 bits per heavy atom. The molecule has 2 aromatic carbocycles. The molecule has 0 fully saturated rings. The van der Waals surface area contributed by atoms with Gasteiger partial charge in [0.15, 0.2) is 5.84 Å². The van der Waals surface area contributed by atoms with E-state index in [4.69, 9.17) is 4.74 Å². The average molecular weight is 501 g/mol. The Morgan fingerprint density at radius 1 is 1.06 bits per heavy atom. The van der Waals surface area contributed by atoms with E-state index >= 15 is 0 Å². The summed E-state index contributed by atoms with van der Waals surface area (Å²) in [7, 11) is 1.51. The highest BCUT2D eigenvalue weighted by Gasteiger charge is 2.30. The van der Waals surface area contributed by atoms with Gasteiger partial charge in [-0.15, -0.1) is 13.2 Å². The van der Waals surface area contributed by atoms with Crippen molar-refractivity contribution < 1.29 is 31.8 Å². The van der Waals surface area contributed by atoms with E-state index in [1.165, 1.54) is 31.3 Å². The summed E-state index contributed by atoms with van der Waals surface area (Å²) in [6.45, 7) is 1.61. The van der Waals surface area contributed by atoms with Crippen molar-refractivity contribution in [2.24, 2.45) is 15.0 Å². The lowest BCUT2D eigenvalue weighted by atomic mass is 10.2. The van der Waals surface area contributed by atoms with Crippen molar-refractivity contribution in [3.05, 3.63) is 83.9 Å². The maximum Gasteiger partial charge on any atom is 0.573 e. The van der Waals surface area contributed by atoms with Crippen LogP contribution in [0.4, 0.5) is 33.7 Å². The van der Waals surface area contributed by atoms with E-state index in [-0.39, 0.29) is 11.6 Å². The van der Waals surface area contributed by atoms with E-state index in [0.29, 0.717) is 22.6 Å². The highest BCUT2D eigenvalue weighted by Crippen LogP contribution is 2.24. The molecular formula is C24H19F4N5O3. The first-order chi connectivity index (χ1) is 17.1. The number of amidine groups is 1. The minimum Gasteiger partial charge on any atom is -0.440 e. The van der Waals surface area contributed by atoms with Crippen LogP contribution in [0, 0.1) is 5.82 Å². The summed E-state index contributed by atoms with van der Waals surface area (Å²) in [5.41, 5.74) is 1.75. The summed E-state index contributed by atoms with van der Waals surface area (Å²) in [4.78, 5) is 28.0. The summed E-state index contributed by atoms with van der Waals surface area (Å²) in [5, 5.41) is 2.57. The number of halogens is 4. The number of rotatable bonds is 6. The lowest BCUT2D eigenvalue weighted by molar-refractivity contribution is -0.274. The van der Waals surface area contributed by atoms with Crippen LogP contribution < -0.4 is 10.1 Å². The Morgan fingerprint density at radius 2 is 1.75 bits per heavy atom. The third-order valence-electron chi connectivity index (χ3n) is 4.46. The van der Waals surface area contributed by atoms with Crippen LogP contribution >= 0.6 is 0 Å². The molecule has 0 saturated carbocycles. The van der Waals surface area contributed by atoms with Gasteiger partial charge in [-0.1, -0.05) is 0 Å². The van der Waals surface area contributed by atoms with E-state index < -0.39 is 24.4 Å². The van der Waals surface area contributed by atoms with Crippen molar-refractivity contribution in [3.8, 4) is 5.75 Å². The second-order valence-electron chi connectivity index (χ2n) is 7.06. The summed E-state index contributed by atoms with van der Waals surface area (Å²) in [6, 6.07) is 16.5. The number of nitrogens with zero attached hydrogens (tertiary/aromatic N) is 4. The minimum absolute atomic E-state index is 0.279. The van der Waals surface area contributed by atoms with Gasteiger partial charge in [-0.25, -0.2) is 9.18 Å². The SMILES string of the molecule is CN=C(N=C=Nc1ccc(OC(F)(F)F)cc1)c1ccc(NC(=O)OC(C)c2ccc(F)cn2)cc1. The van der Waals surface area contributed by atoms with Crippen LogP contribution in [0.3, 0.4) is 0 Å². The Hall–Kier alpha value is -4.57. The van der Waals surface area contributed by atoms with Crippen LogP contribution in [0.15, 0.2) is 81.8 Å². The number of hydrogen-bond acceptors (Lipinski definition) is 6. The van der Waals surface area contributed by atoms with Gasteiger partial charge in [-0.3, -0.25) is 15.3 Å². The smallest absolute Gasteiger partial charge is 0.440 e. The van der Waals surface area contributed by atoms with E-state index in [1.54, 1.807) is 31.2 Å². The largest absolute Gasteiger partial charge is 0.573 e. The van der Waals surface area contributed by atoms with Crippen molar-refractivity contribution in [2.75, 3.05) is 12.4 Å². The Labute approximate surface area is 203 Å². The summed E-state index contributed by atoms with van der Waals surface area (Å²) < 4.78 is 58.7. The number of amides is 1. The molecule has 1 amide bonds. The zero-order valence-electron chi connectivity index (χ0n) is 19.0. The zero-order chi connectivity index (χ0) is 26.1. The van der Waals surface area contributed by atoms with Crippen LogP contribution in [-0.2, 0) is 4.74 Å². The number of carbonyl (C=O) groups excluding carboxylic acids is 1. The molecule has 36 heavy (non-hydrogen) atoms. The quantitative estimate of drug-likeness (QED) is 0.243. The highest BCUT2D eigenvalue weighted by molar-refractivity contribution is 6.02. The molecule has 186 valence electrons. The van der Waals surface area contributed by atoms with E-state index in [1.807, 2.05) is 0 Å². The molecular weight excluding hydrogens is 482 g/mol. The maximum absolute atomic E-state index is 13.0.